The Morgan fingerprint density at radius 2 is 1.85 bits per heavy atom. The molecule has 4 heteroatoms. The first-order chi connectivity index (χ1) is 9.68. The molecule has 0 radical (unpaired) electrons. The second-order valence-electron chi connectivity index (χ2n) is 5.77. The third kappa shape index (κ3) is 2.19. The molecule has 0 atom stereocenters. The molecule has 1 heterocycles. The first-order valence-corrected chi connectivity index (χ1v) is 7.45. The number of rotatable bonds is 2. The molecule has 20 heavy (non-hydrogen) atoms. The molecule has 2 N–H and O–H groups in total. The maximum Gasteiger partial charge on any atom is 0.166 e. The van der Waals surface area contributed by atoms with E-state index in [1.807, 2.05) is 19.1 Å². The van der Waals surface area contributed by atoms with Gasteiger partial charge in [-0.05, 0) is 38.3 Å². The molecule has 0 saturated heterocycles. The fraction of sp³-hybridized carbons (Fsp3) is 0.500. The smallest absolute Gasteiger partial charge is 0.166 e. The van der Waals surface area contributed by atoms with E-state index in [2.05, 4.69) is 27.8 Å². The number of nitrogens with zero attached hydrogens (tertiary/aromatic N) is 3. The SMILES string of the molecule is Cc1cccc(N)c1-c1nnc(C)n1C1CCCCC1. The van der Waals surface area contributed by atoms with E-state index >= 15 is 0 Å². The van der Waals surface area contributed by atoms with E-state index in [1.165, 1.54) is 32.1 Å². The van der Waals surface area contributed by atoms with Gasteiger partial charge in [0.15, 0.2) is 5.82 Å². The maximum atomic E-state index is 6.18. The summed E-state index contributed by atoms with van der Waals surface area (Å²) in [5.74, 6) is 1.93. The Morgan fingerprint density at radius 3 is 2.55 bits per heavy atom. The van der Waals surface area contributed by atoms with Crippen LogP contribution >= 0.6 is 0 Å². The Morgan fingerprint density at radius 1 is 1.10 bits per heavy atom. The van der Waals surface area contributed by atoms with Gasteiger partial charge in [-0.2, -0.15) is 0 Å². The van der Waals surface area contributed by atoms with Crippen molar-refractivity contribution < 1.29 is 0 Å². The second-order valence-corrected chi connectivity index (χ2v) is 5.77. The van der Waals surface area contributed by atoms with Crippen molar-refractivity contribution in [3.05, 3.63) is 29.6 Å². The van der Waals surface area contributed by atoms with Gasteiger partial charge in [0.05, 0.1) is 0 Å². The summed E-state index contributed by atoms with van der Waals surface area (Å²) in [6, 6.07) is 6.54. The quantitative estimate of drug-likeness (QED) is 0.847. The Hall–Kier alpha value is -1.84. The van der Waals surface area contributed by atoms with Crippen LogP contribution in [-0.2, 0) is 0 Å². The normalized spacial score (nSPS) is 16.5. The molecule has 0 amide bonds. The minimum atomic E-state index is 0.521. The third-order valence-electron chi connectivity index (χ3n) is 4.33. The summed E-state index contributed by atoms with van der Waals surface area (Å²) in [6.45, 7) is 4.13. The molecule has 1 aliphatic carbocycles. The molecule has 3 rings (SSSR count). The van der Waals surface area contributed by atoms with Gasteiger partial charge in [0, 0.05) is 17.3 Å². The number of aromatic nitrogens is 3. The summed E-state index contributed by atoms with van der Waals surface area (Å²) in [4.78, 5) is 0. The van der Waals surface area contributed by atoms with E-state index in [0.29, 0.717) is 6.04 Å². The van der Waals surface area contributed by atoms with E-state index in [-0.39, 0.29) is 0 Å². The van der Waals surface area contributed by atoms with Gasteiger partial charge in [0.1, 0.15) is 5.82 Å². The molecule has 0 unspecified atom stereocenters. The number of aryl methyl sites for hydroxylation is 2. The van der Waals surface area contributed by atoms with Crippen LogP contribution < -0.4 is 5.73 Å². The van der Waals surface area contributed by atoms with Crippen LogP contribution in [0.5, 0.6) is 0 Å². The molecule has 106 valence electrons. The molecule has 2 aromatic rings. The highest BCUT2D eigenvalue weighted by Crippen LogP contribution is 2.35. The summed E-state index contributed by atoms with van der Waals surface area (Å²) < 4.78 is 2.30. The van der Waals surface area contributed by atoms with Crippen molar-refractivity contribution in [1.82, 2.24) is 14.8 Å². The number of benzene rings is 1. The van der Waals surface area contributed by atoms with E-state index in [9.17, 15) is 0 Å². The summed E-state index contributed by atoms with van der Waals surface area (Å²) >= 11 is 0. The Bertz CT molecular complexity index is 589. The number of nitrogen functional groups attached to an aromatic ring is 1. The molecule has 0 bridgehead atoms. The van der Waals surface area contributed by atoms with Crippen LogP contribution in [0.1, 0.15) is 49.5 Å². The van der Waals surface area contributed by atoms with Gasteiger partial charge >= 0.3 is 0 Å². The third-order valence-corrected chi connectivity index (χ3v) is 4.33. The number of hydrogen-bond donors (Lipinski definition) is 1. The van der Waals surface area contributed by atoms with Gasteiger partial charge in [-0.15, -0.1) is 10.2 Å². The lowest BCUT2D eigenvalue weighted by Crippen LogP contribution is -2.16. The zero-order valence-electron chi connectivity index (χ0n) is 12.3. The van der Waals surface area contributed by atoms with Crippen molar-refractivity contribution in [1.29, 1.82) is 0 Å². The fourth-order valence-corrected chi connectivity index (χ4v) is 3.31. The molecule has 1 aliphatic rings. The van der Waals surface area contributed by atoms with Gasteiger partial charge in [0.25, 0.3) is 0 Å². The van der Waals surface area contributed by atoms with Crippen molar-refractivity contribution in [2.45, 2.75) is 52.0 Å². The van der Waals surface area contributed by atoms with Crippen molar-refractivity contribution in [2.75, 3.05) is 5.73 Å². The lowest BCUT2D eigenvalue weighted by Gasteiger charge is -2.25. The highest BCUT2D eigenvalue weighted by molar-refractivity contribution is 5.75. The van der Waals surface area contributed by atoms with Crippen LogP contribution in [0.15, 0.2) is 18.2 Å². The molecule has 1 saturated carbocycles. The van der Waals surface area contributed by atoms with Crippen LogP contribution in [0.4, 0.5) is 5.69 Å². The molecular weight excluding hydrogens is 248 g/mol. The highest BCUT2D eigenvalue weighted by atomic mass is 15.3. The van der Waals surface area contributed by atoms with Crippen LogP contribution in [0, 0.1) is 13.8 Å². The Kier molecular flexibility index (Phi) is 3.47. The summed E-state index contributed by atoms with van der Waals surface area (Å²) in [5.41, 5.74) is 9.17. The standard InChI is InChI=1S/C16H22N4/c1-11-7-6-10-14(17)15(11)16-19-18-12(2)20(16)13-8-4-3-5-9-13/h6-7,10,13H,3-5,8-9,17H2,1-2H3. The lowest BCUT2D eigenvalue weighted by molar-refractivity contribution is 0.350. The van der Waals surface area contributed by atoms with Crippen LogP contribution in [0.25, 0.3) is 11.4 Å². The molecule has 1 aromatic carbocycles. The first kappa shape index (κ1) is 13.2. The average Bonchev–Trinajstić information content (AvgIpc) is 2.81. The lowest BCUT2D eigenvalue weighted by atomic mass is 9.94. The van der Waals surface area contributed by atoms with Gasteiger partial charge in [0.2, 0.25) is 0 Å². The van der Waals surface area contributed by atoms with Crippen molar-refractivity contribution in [3.63, 3.8) is 0 Å². The maximum absolute atomic E-state index is 6.18. The molecule has 0 spiro atoms. The minimum Gasteiger partial charge on any atom is -0.398 e. The van der Waals surface area contributed by atoms with Gasteiger partial charge in [-0.3, -0.25) is 0 Å². The van der Waals surface area contributed by atoms with Gasteiger partial charge in [-0.25, -0.2) is 0 Å². The van der Waals surface area contributed by atoms with E-state index < -0.39 is 0 Å². The predicted molar refractivity (Wildman–Crippen MR) is 81.5 cm³/mol. The predicted octanol–water partition coefficient (Wildman–Crippen LogP) is 3.65. The first-order valence-electron chi connectivity index (χ1n) is 7.45. The van der Waals surface area contributed by atoms with Crippen LogP contribution in [0.3, 0.4) is 0 Å². The van der Waals surface area contributed by atoms with Crippen molar-refractivity contribution >= 4 is 5.69 Å². The van der Waals surface area contributed by atoms with Crippen molar-refractivity contribution in [2.24, 2.45) is 0 Å². The van der Waals surface area contributed by atoms with Gasteiger partial charge < -0.3 is 10.3 Å². The largest absolute Gasteiger partial charge is 0.398 e. The average molecular weight is 270 g/mol. The van der Waals surface area contributed by atoms with E-state index in [4.69, 9.17) is 5.73 Å². The zero-order valence-corrected chi connectivity index (χ0v) is 12.3. The number of hydrogen-bond acceptors (Lipinski definition) is 3. The van der Waals surface area contributed by atoms with Crippen LogP contribution in [0.2, 0.25) is 0 Å². The highest BCUT2D eigenvalue weighted by Gasteiger charge is 2.23. The Balaban J connectivity index is 2.11. The van der Waals surface area contributed by atoms with E-state index in [1.54, 1.807) is 0 Å². The molecular formula is C16H22N4. The minimum absolute atomic E-state index is 0.521. The van der Waals surface area contributed by atoms with Gasteiger partial charge in [-0.1, -0.05) is 31.4 Å². The second kappa shape index (κ2) is 5.27. The molecule has 1 fully saturated rings. The molecule has 0 aliphatic heterocycles. The van der Waals surface area contributed by atoms with Crippen molar-refractivity contribution in [3.8, 4) is 11.4 Å². The topological polar surface area (TPSA) is 56.7 Å². The summed E-state index contributed by atoms with van der Waals surface area (Å²) in [7, 11) is 0. The summed E-state index contributed by atoms with van der Waals surface area (Å²) in [5, 5.41) is 8.72. The van der Waals surface area contributed by atoms with Crippen LogP contribution in [-0.4, -0.2) is 14.8 Å². The molecule has 4 nitrogen and oxygen atoms in total. The number of nitrogens with two attached hydrogens (primary N) is 1. The zero-order chi connectivity index (χ0) is 14.1. The Labute approximate surface area is 120 Å². The fourth-order valence-electron chi connectivity index (χ4n) is 3.31. The molecule has 1 aromatic heterocycles. The monoisotopic (exact) mass is 270 g/mol. The number of anilines is 1. The van der Waals surface area contributed by atoms with E-state index in [0.717, 1.165) is 28.5 Å². The summed E-state index contributed by atoms with van der Waals surface area (Å²) in [6.07, 6.45) is 6.38.